The quantitative estimate of drug-likeness (QED) is 0.907. The summed E-state index contributed by atoms with van der Waals surface area (Å²) < 4.78 is 0. The van der Waals surface area contributed by atoms with Gasteiger partial charge in [-0.15, -0.1) is 22.6 Å². The average Bonchev–Trinajstić information content (AvgIpc) is 2.74. The highest BCUT2D eigenvalue weighted by atomic mass is 35.5. The second kappa shape index (κ2) is 4.41. The Morgan fingerprint density at radius 3 is 2.40 bits per heavy atom. The van der Waals surface area contributed by atoms with Crippen LogP contribution in [0, 0.1) is 24.2 Å². The molecule has 0 amide bonds. The minimum absolute atomic E-state index is 0. The van der Waals surface area contributed by atoms with Crippen LogP contribution in [0.1, 0.15) is 51.3 Å². The van der Waals surface area contributed by atoms with Crippen molar-refractivity contribution in [2.24, 2.45) is 23.0 Å². The zero-order chi connectivity index (χ0) is 13.3. The maximum absolute atomic E-state index is 6.37. The molecule has 4 aliphatic rings. The fourth-order valence-electron chi connectivity index (χ4n) is 5.54. The molecule has 0 spiro atoms. The van der Waals surface area contributed by atoms with Crippen molar-refractivity contribution in [1.29, 1.82) is 0 Å². The van der Waals surface area contributed by atoms with Gasteiger partial charge in [-0.25, -0.2) is 0 Å². The molecule has 6 heteroatoms. The number of tetrazole rings is 1. The Kier molecular flexibility index (Phi) is 3.14. The largest absolute Gasteiger partial charge is 0.327 e. The van der Waals surface area contributed by atoms with Crippen molar-refractivity contribution in [2.75, 3.05) is 0 Å². The van der Waals surface area contributed by atoms with Gasteiger partial charge in [0.1, 0.15) is 0 Å². The molecule has 3 unspecified atom stereocenters. The summed E-state index contributed by atoms with van der Waals surface area (Å²) in [4.78, 5) is 1.94. The van der Waals surface area contributed by atoms with Gasteiger partial charge in [-0.05, 0) is 74.8 Å². The second-order valence-corrected chi connectivity index (χ2v) is 7.46. The molecule has 4 saturated carbocycles. The van der Waals surface area contributed by atoms with Crippen LogP contribution in [-0.2, 0) is 5.54 Å². The molecule has 4 fully saturated rings. The Morgan fingerprint density at radius 1 is 1.25 bits per heavy atom. The first-order valence-corrected chi connectivity index (χ1v) is 7.54. The van der Waals surface area contributed by atoms with E-state index in [1.165, 1.54) is 32.1 Å². The fraction of sp³-hybridized carbons (Fsp3) is 0.929. The minimum Gasteiger partial charge on any atom is -0.327 e. The SMILES string of the molecule is Cc1nnn(C23CC4CC(CC(C(C)N)(C4)C2)C3)n1.Cl. The fourth-order valence-corrected chi connectivity index (χ4v) is 5.54. The van der Waals surface area contributed by atoms with E-state index in [0.717, 1.165) is 24.1 Å². The summed E-state index contributed by atoms with van der Waals surface area (Å²) in [5, 5.41) is 13.0. The van der Waals surface area contributed by atoms with Gasteiger partial charge in [0.05, 0.1) is 5.54 Å². The Balaban J connectivity index is 0.00000121. The van der Waals surface area contributed by atoms with Crippen LogP contribution in [0.4, 0.5) is 0 Å². The van der Waals surface area contributed by atoms with E-state index in [1.54, 1.807) is 0 Å². The molecule has 4 bridgehead atoms. The number of hydrogen-bond acceptors (Lipinski definition) is 4. The summed E-state index contributed by atoms with van der Waals surface area (Å²) in [6, 6.07) is 0.280. The monoisotopic (exact) mass is 297 g/mol. The highest BCUT2D eigenvalue weighted by Gasteiger charge is 2.60. The predicted molar refractivity (Wildman–Crippen MR) is 78.5 cm³/mol. The van der Waals surface area contributed by atoms with Gasteiger partial charge in [-0.1, -0.05) is 0 Å². The lowest BCUT2D eigenvalue weighted by Crippen LogP contribution is -2.61. The van der Waals surface area contributed by atoms with Crippen LogP contribution in [0.2, 0.25) is 0 Å². The highest BCUT2D eigenvalue weighted by Crippen LogP contribution is 2.64. The van der Waals surface area contributed by atoms with Gasteiger partial charge in [0.2, 0.25) is 0 Å². The summed E-state index contributed by atoms with van der Waals surface area (Å²) in [6.07, 6.45) is 7.64. The van der Waals surface area contributed by atoms with Crippen molar-refractivity contribution in [1.82, 2.24) is 20.2 Å². The summed E-state index contributed by atoms with van der Waals surface area (Å²) in [5.74, 6) is 2.42. The van der Waals surface area contributed by atoms with Crippen molar-refractivity contribution >= 4 is 12.4 Å². The van der Waals surface area contributed by atoms with Crippen molar-refractivity contribution in [3.8, 4) is 0 Å². The van der Waals surface area contributed by atoms with Gasteiger partial charge in [0.15, 0.2) is 5.82 Å². The van der Waals surface area contributed by atoms with Gasteiger partial charge in [-0.3, -0.25) is 0 Å². The molecule has 4 aliphatic carbocycles. The number of nitrogens with two attached hydrogens (primary N) is 1. The van der Waals surface area contributed by atoms with Crippen LogP contribution in [0.25, 0.3) is 0 Å². The number of aryl methyl sites for hydroxylation is 1. The molecule has 5 nitrogen and oxygen atoms in total. The molecule has 112 valence electrons. The maximum Gasteiger partial charge on any atom is 0.171 e. The van der Waals surface area contributed by atoms with Crippen LogP contribution < -0.4 is 5.73 Å². The van der Waals surface area contributed by atoms with Crippen molar-refractivity contribution in [3.63, 3.8) is 0 Å². The van der Waals surface area contributed by atoms with E-state index in [2.05, 4.69) is 22.3 Å². The predicted octanol–water partition coefficient (Wildman–Crippen LogP) is 2.05. The van der Waals surface area contributed by atoms with Crippen LogP contribution in [0.3, 0.4) is 0 Å². The van der Waals surface area contributed by atoms with Gasteiger partial charge in [-0.2, -0.15) is 4.80 Å². The van der Waals surface area contributed by atoms with E-state index >= 15 is 0 Å². The maximum atomic E-state index is 6.37. The van der Waals surface area contributed by atoms with Gasteiger partial charge in [0.25, 0.3) is 0 Å². The summed E-state index contributed by atoms with van der Waals surface area (Å²) in [6.45, 7) is 4.12. The highest BCUT2D eigenvalue weighted by molar-refractivity contribution is 5.85. The molecule has 0 aliphatic heterocycles. The van der Waals surface area contributed by atoms with E-state index in [0.29, 0.717) is 5.41 Å². The Morgan fingerprint density at radius 2 is 1.90 bits per heavy atom. The minimum atomic E-state index is 0. The molecule has 2 N–H and O–H groups in total. The van der Waals surface area contributed by atoms with Gasteiger partial charge < -0.3 is 5.73 Å². The smallest absolute Gasteiger partial charge is 0.171 e. The lowest BCUT2D eigenvalue weighted by Gasteiger charge is -2.62. The third-order valence-electron chi connectivity index (χ3n) is 5.98. The Labute approximate surface area is 126 Å². The lowest BCUT2D eigenvalue weighted by molar-refractivity contribution is -0.120. The van der Waals surface area contributed by atoms with Crippen LogP contribution in [0.15, 0.2) is 0 Å². The van der Waals surface area contributed by atoms with Crippen LogP contribution in [-0.4, -0.2) is 26.2 Å². The molecule has 1 aromatic rings. The molecule has 5 rings (SSSR count). The first kappa shape index (κ1) is 14.3. The van der Waals surface area contributed by atoms with Crippen molar-refractivity contribution < 1.29 is 0 Å². The number of hydrogen-bond donors (Lipinski definition) is 1. The van der Waals surface area contributed by atoms with Crippen LogP contribution >= 0.6 is 12.4 Å². The van der Waals surface area contributed by atoms with Crippen molar-refractivity contribution in [3.05, 3.63) is 5.82 Å². The van der Waals surface area contributed by atoms with Gasteiger partial charge in [0, 0.05) is 6.04 Å². The normalized spacial score (nSPS) is 43.4. The second-order valence-electron chi connectivity index (χ2n) is 7.46. The topological polar surface area (TPSA) is 69.6 Å². The molecular formula is C14H24ClN5. The first-order chi connectivity index (χ1) is 9.01. The standard InChI is InChI=1S/C14H23N5.ClH/c1-9(15)13-4-11-3-12(5-13)7-14(6-11,8-13)19-17-10(2)16-18-19;/h9,11-12H,3-8,15H2,1-2H3;1H. The Bertz CT molecular complexity index is 497. The summed E-state index contributed by atoms with van der Waals surface area (Å²) >= 11 is 0. The van der Waals surface area contributed by atoms with E-state index < -0.39 is 0 Å². The van der Waals surface area contributed by atoms with Crippen molar-refractivity contribution in [2.45, 2.75) is 64.0 Å². The van der Waals surface area contributed by atoms with Crippen LogP contribution in [0.5, 0.6) is 0 Å². The van der Waals surface area contributed by atoms with E-state index in [9.17, 15) is 0 Å². The third-order valence-corrected chi connectivity index (χ3v) is 5.98. The third kappa shape index (κ3) is 1.82. The summed E-state index contributed by atoms with van der Waals surface area (Å²) in [7, 11) is 0. The zero-order valence-corrected chi connectivity index (χ0v) is 13.1. The molecule has 1 heterocycles. The zero-order valence-electron chi connectivity index (χ0n) is 12.2. The average molecular weight is 298 g/mol. The van der Waals surface area contributed by atoms with E-state index in [4.69, 9.17) is 5.73 Å². The number of rotatable bonds is 2. The molecule has 3 atom stereocenters. The molecule has 20 heavy (non-hydrogen) atoms. The number of halogens is 1. The summed E-state index contributed by atoms with van der Waals surface area (Å²) in [5.41, 5.74) is 6.80. The molecule has 0 saturated heterocycles. The molecular weight excluding hydrogens is 274 g/mol. The lowest BCUT2D eigenvalue weighted by atomic mass is 9.45. The number of aromatic nitrogens is 4. The molecule has 0 radical (unpaired) electrons. The Hall–Kier alpha value is -0.680. The van der Waals surface area contributed by atoms with E-state index in [-0.39, 0.29) is 24.0 Å². The first-order valence-electron chi connectivity index (χ1n) is 7.54. The molecule has 0 aromatic carbocycles. The van der Waals surface area contributed by atoms with Gasteiger partial charge >= 0.3 is 0 Å². The van der Waals surface area contributed by atoms with E-state index in [1.807, 2.05) is 11.7 Å². The molecule has 1 aromatic heterocycles. The number of nitrogens with zero attached hydrogens (tertiary/aromatic N) is 4.